The summed E-state index contributed by atoms with van der Waals surface area (Å²) in [6.07, 6.45) is 6.62. The molecule has 11 heteroatoms. The summed E-state index contributed by atoms with van der Waals surface area (Å²) in [5.41, 5.74) is 4.93. The fraction of sp³-hybridized carbons (Fsp3) is 0.167. The molecular formula is C24H20ClN9O. The largest absolute Gasteiger partial charge is 0.373 e. The van der Waals surface area contributed by atoms with Gasteiger partial charge < -0.3 is 14.9 Å². The van der Waals surface area contributed by atoms with Crippen LogP contribution in [0.2, 0.25) is 5.02 Å². The van der Waals surface area contributed by atoms with Crippen LogP contribution < -0.4 is 10.9 Å². The standard InChI is InChI=1S/C24H20ClN9O/c1-26-22-7-2-14(11-27-22)19-12-28-24(30-19)21-6-4-17-8-15(9-23(35)34(17)21)18-10-16(25)3-5-20(18)33-13-29-31-32-33/h2-3,5,7-13,21H,4,6H2,1H3,(H,26,27)(H,28,30)/t21-/m0/s1. The third-order valence-corrected chi connectivity index (χ3v) is 6.48. The molecule has 0 saturated heterocycles. The van der Waals surface area contributed by atoms with Crippen molar-refractivity contribution in [3.63, 3.8) is 0 Å². The summed E-state index contributed by atoms with van der Waals surface area (Å²) in [6, 6.07) is 12.8. The molecule has 0 fully saturated rings. The molecule has 0 amide bonds. The van der Waals surface area contributed by atoms with Crippen LogP contribution >= 0.6 is 11.6 Å². The lowest BCUT2D eigenvalue weighted by atomic mass is 10.0. The van der Waals surface area contributed by atoms with Gasteiger partial charge in [-0.1, -0.05) is 11.6 Å². The van der Waals surface area contributed by atoms with Crippen molar-refractivity contribution < 1.29 is 0 Å². The molecule has 0 saturated carbocycles. The van der Waals surface area contributed by atoms with Crippen LogP contribution in [-0.2, 0) is 6.42 Å². The van der Waals surface area contributed by atoms with E-state index in [9.17, 15) is 4.79 Å². The maximum atomic E-state index is 13.3. The number of rotatable bonds is 5. The molecule has 4 aromatic heterocycles. The zero-order valence-electron chi connectivity index (χ0n) is 18.7. The minimum absolute atomic E-state index is 0.0966. The van der Waals surface area contributed by atoms with Gasteiger partial charge in [0.05, 0.1) is 23.6 Å². The first kappa shape index (κ1) is 21.2. The smallest absolute Gasteiger partial charge is 0.252 e. The second-order valence-electron chi connectivity index (χ2n) is 8.28. The fourth-order valence-corrected chi connectivity index (χ4v) is 4.75. The van der Waals surface area contributed by atoms with E-state index in [4.69, 9.17) is 11.6 Å². The fourth-order valence-electron chi connectivity index (χ4n) is 4.57. The summed E-state index contributed by atoms with van der Waals surface area (Å²) in [6.45, 7) is 0. The number of halogens is 1. The van der Waals surface area contributed by atoms with Crippen molar-refractivity contribution in [1.82, 2.24) is 39.7 Å². The van der Waals surface area contributed by atoms with Gasteiger partial charge in [0, 0.05) is 41.2 Å². The molecule has 2 N–H and O–H groups in total. The van der Waals surface area contributed by atoms with E-state index in [0.29, 0.717) is 5.02 Å². The Morgan fingerprint density at radius 2 is 2.00 bits per heavy atom. The molecular weight excluding hydrogens is 466 g/mol. The lowest BCUT2D eigenvalue weighted by molar-refractivity contribution is 0.572. The minimum Gasteiger partial charge on any atom is -0.373 e. The summed E-state index contributed by atoms with van der Waals surface area (Å²) in [7, 11) is 1.83. The number of aryl methyl sites for hydroxylation is 1. The maximum absolute atomic E-state index is 13.3. The molecule has 5 heterocycles. The Balaban J connectivity index is 1.37. The van der Waals surface area contributed by atoms with Crippen molar-refractivity contribution in [3.05, 3.63) is 88.1 Å². The normalized spacial score (nSPS) is 14.7. The van der Waals surface area contributed by atoms with E-state index in [0.717, 1.165) is 58.2 Å². The van der Waals surface area contributed by atoms with Gasteiger partial charge in [-0.2, -0.15) is 4.68 Å². The van der Waals surface area contributed by atoms with Gasteiger partial charge in [-0.05, 0) is 65.2 Å². The Labute approximate surface area is 204 Å². The number of aromatic nitrogens is 8. The lowest BCUT2D eigenvalue weighted by Gasteiger charge is -2.15. The van der Waals surface area contributed by atoms with E-state index in [2.05, 4.69) is 35.8 Å². The van der Waals surface area contributed by atoms with Gasteiger partial charge in [0.1, 0.15) is 18.0 Å². The number of imidazole rings is 1. The van der Waals surface area contributed by atoms with Crippen LogP contribution in [0.15, 0.2) is 66.0 Å². The number of benzene rings is 1. The van der Waals surface area contributed by atoms with Gasteiger partial charge in [-0.15, -0.1) is 5.10 Å². The summed E-state index contributed by atoms with van der Waals surface area (Å²) in [5, 5.41) is 15.0. The van der Waals surface area contributed by atoms with Gasteiger partial charge in [-0.3, -0.25) is 4.79 Å². The Morgan fingerprint density at radius 3 is 2.77 bits per heavy atom. The number of hydrogen-bond donors (Lipinski definition) is 2. The summed E-state index contributed by atoms with van der Waals surface area (Å²) < 4.78 is 3.37. The number of tetrazole rings is 1. The lowest BCUT2D eigenvalue weighted by Crippen LogP contribution is -2.23. The number of fused-ring (bicyclic) bond motifs is 1. The molecule has 1 atom stereocenters. The quantitative estimate of drug-likeness (QED) is 0.391. The predicted molar refractivity (Wildman–Crippen MR) is 132 cm³/mol. The molecule has 174 valence electrons. The molecule has 5 aromatic rings. The number of anilines is 1. The topological polar surface area (TPSA) is 119 Å². The molecule has 0 aliphatic carbocycles. The van der Waals surface area contributed by atoms with E-state index in [1.807, 2.05) is 41.9 Å². The van der Waals surface area contributed by atoms with E-state index in [-0.39, 0.29) is 11.6 Å². The Hall–Kier alpha value is -4.31. The average Bonchev–Trinajstić information content (AvgIpc) is 3.65. The van der Waals surface area contributed by atoms with Crippen LogP contribution in [0.25, 0.3) is 28.1 Å². The molecule has 1 aliphatic rings. The maximum Gasteiger partial charge on any atom is 0.252 e. The van der Waals surface area contributed by atoms with Crippen LogP contribution in [0.3, 0.4) is 0 Å². The van der Waals surface area contributed by atoms with E-state index >= 15 is 0 Å². The molecule has 0 unspecified atom stereocenters. The third-order valence-electron chi connectivity index (χ3n) is 6.24. The first-order chi connectivity index (χ1) is 17.1. The average molecular weight is 486 g/mol. The highest BCUT2D eigenvalue weighted by Crippen LogP contribution is 2.34. The first-order valence-corrected chi connectivity index (χ1v) is 11.5. The van der Waals surface area contributed by atoms with E-state index in [1.165, 1.54) is 6.33 Å². The molecule has 35 heavy (non-hydrogen) atoms. The number of aromatic amines is 1. The second kappa shape index (κ2) is 8.48. The third kappa shape index (κ3) is 3.77. The highest BCUT2D eigenvalue weighted by Gasteiger charge is 2.28. The van der Waals surface area contributed by atoms with Crippen molar-refractivity contribution >= 4 is 17.4 Å². The van der Waals surface area contributed by atoms with Gasteiger partial charge in [0.15, 0.2) is 0 Å². The highest BCUT2D eigenvalue weighted by atomic mass is 35.5. The number of nitrogens with zero attached hydrogens (tertiary/aromatic N) is 7. The van der Waals surface area contributed by atoms with Crippen LogP contribution in [0.5, 0.6) is 0 Å². The SMILES string of the molecule is CNc1ccc(-c2cnc([C@@H]3CCc4cc(-c5cc(Cl)ccc5-n5cnnn5)cc(=O)n43)[nH]2)cn1. The predicted octanol–water partition coefficient (Wildman–Crippen LogP) is 3.51. The Bertz CT molecular complexity index is 1570. The molecule has 6 rings (SSSR count). The number of pyridine rings is 2. The van der Waals surface area contributed by atoms with Gasteiger partial charge in [0.25, 0.3) is 5.56 Å². The number of nitrogens with one attached hydrogen (secondary N) is 2. The van der Waals surface area contributed by atoms with Gasteiger partial charge >= 0.3 is 0 Å². The van der Waals surface area contributed by atoms with E-state index in [1.54, 1.807) is 29.2 Å². The Kier molecular flexibility index (Phi) is 5.14. The monoisotopic (exact) mass is 485 g/mol. The summed E-state index contributed by atoms with van der Waals surface area (Å²) >= 11 is 6.29. The number of hydrogen-bond acceptors (Lipinski definition) is 7. The van der Waals surface area contributed by atoms with Crippen molar-refractivity contribution in [2.75, 3.05) is 12.4 Å². The zero-order chi connectivity index (χ0) is 23.9. The van der Waals surface area contributed by atoms with Crippen LogP contribution in [0.1, 0.15) is 24.0 Å². The first-order valence-electron chi connectivity index (χ1n) is 11.1. The Morgan fingerprint density at radius 1 is 1.09 bits per heavy atom. The molecule has 0 bridgehead atoms. The summed E-state index contributed by atoms with van der Waals surface area (Å²) in [5.74, 6) is 1.55. The van der Waals surface area contributed by atoms with Gasteiger partial charge in [0.2, 0.25) is 0 Å². The van der Waals surface area contributed by atoms with Gasteiger partial charge in [-0.25, -0.2) is 9.97 Å². The van der Waals surface area contributed by atoms with Crippen LogP contribution in [0.4, 0.5) is 5.82 Å². The van der Waals surface area contributed by atoms with Crippen molar-refractivity contribution in [3.8, 4) is 28.1 Å². The molecule has 10 nitrogen and oxygen atoms in total. The van der Waals surface area contributed by atoms with Crippen molar-refractivity contribution in [2.45, 2.75) is 18.9 Å². The van der Waals surface area contributed by atoms with Crippen molar-refractivity contribution in [2.24, 2.45) is 0 Å². The van der Waals surface area contributed by atoms with E-state index < -0.39 is 0 Å². The second-order valence-corrected chi connectivity index (χ2v) is 8.71. The zero-order valence-corrected chi connectivity index (χ0v) is 19.4. The van der Waals surface area contributed by atoms with Crippen LogP contribution in [0, 0.1) is 0 Å². The summed E-state index contributed by atoms with van der Waals surface area (Å²) in [4.78, 5) is 25.7. The molecule has 1 aromatic carbocycles. The molecule has 0 radical (unpaired) electrons. The molecule has 1 aliphatic heterocycles. The number of H-pyrrole nitrogens is 1. The minimum atomic E-state index is -0.164. The highest BCUT2D eigenvalue weighted by molar-refractivity contribution is 6.31. The molecule has 0 spiro atoms. The van der Waals surface area contributed by atoms with Crippen LogP contribution in [-0.4, -0.2) is 46.8 Å². The van der Waals surface area contributed by atoms with Crippen molar-refractivity contribution in [1.29, 1.82) is 0 Å².